The first-order valence-corrected chi connectivity index (χ1v) is 7.35. The summed E-state index contributed by atoms with van der Waals surface area (Å²) in [4.78, 5) is 15.1. The minimum Gasteiger partial charge on any atom is -0.489 e. The maximum absolute atomic E-state index is 10.9. The van der Waals surface area contributed by atoms with E-state index in [4.69, 9.17) is 15.6 Å². The summed E-state index contributed by atoms with van der Waals surface area (Å²) in [7, 11) is 0. The molecule has 1 fully saturated rings. The Balaban J connectivity index is 1.79. The van der Waals surface area contributed by atoms with Crippen molar-refractivity contribution in [3.05, 3.63) is 42.1 Å². The first kappa shape index (κ1) is 14.4. The molecule has 1 aliphatic carbocycles. The third-order valence-electron chi connectivity index (χ3n) is 4.05. The molecule has 3 rings (SSSR count). The van der Waals surface area contributed by atoms with Gasteiger partial charge in [0.05, 0.1) is 12.2 Å². The number of hydrogen-bond donors (Lipinski definition) is 2. The van der Waals surface area contributed by atoms with Crippen molar-refractivity contribution in [3.8, 4) is 16.9 Å². The lowest BCUT2D eigenvalue weighted by molar-refractivity contribution is 0.0697. The van der Waals surface area contributed by atoms with Gasteiger partial charge in [0.15, 0.2) is 11.6 Å². The van der Waals surface area contributed by atoms with E-state index < -0.39 is 5.97 Å². The van der Waals surface area contributed by atoms with Crippen LogP contribution in [0.25, 0.3) is 11.1 Å². The highest BCUT2D eigenvalue weighted by Crippen LogP contribution is 2.30. The fourth-order valence-electron chi connectivity index (χ4n) is 2.40. The van der Waals surface area contributed by atoms with Crippen LogP contribution in [0.1, 0.15) is 29.6 Å². The van der Waals surface area contributed by atoms with Gasteiger partial charge < -0.3 is 15.6 Å². The van der Waals surface area contributed by atoms with Gasteiger partial charge >= 0.3 is 5.97 Å². The maximum atomic E-state index is 10.9. The number of nitrogens with two attached hydrogens (primary N) is 1. The van der Waals surface area contributed by atoms with Crippen molar-refractivity contribution in [2.24, 2.45) is 5.92 Å². The van der Waals surface area contributed by atoms with Crippen molar-refractivity contribution in [3.63, 3.8) is 0 Å². The fourth-order valence-corrected chi connectivity index (χ4v) is 2.40. The van der Waals surface area contributed by atoms with Crippen LogP contribution >= 0.6 is 0 Å². The smallest absolute Gasteiger partial charge is 0.335 e. The van der Waals surface area contributed by atoms with Gasteiger partial charge in [-0.1, -0.05) is 18.6 Å². The Labute approximate surface area is 128 Å². The van der Waals surface area contributed by atoms with Gasteiger partial charge in [-0.05, 0) is 42.5 Å². The summed E-state index contributed by atoms with van der Waals surface area (Å²) >= 11 is 0. The Kier molecular flexibility index (Phi) is 3.96. The monoisotopic (exact) mass is 298 g/mol. The standard InChI is InChI=1S/C17H18N2O3/c18-16-15(22-10-11-2-1-3-11)8-14(9-19-16)12-4-6-13(7-5-12)17(20)21/h4-9,11H,1-3,10H2,(H2,18,19)(H,20,21). The highest BCUT2D eigenvalue weighted by Gasteiger charge is 2.18. The molecule has 1 aromatic carbocycles. The number of pyridine rings is 1. The number of benzene rings is 1. The van der Waals surface area contributed by atoms with Crippen molar-refractivity contribution in [1.29, 1.82) is 0 Å². The summed E-state index contributed by atoms with van der Waals surface area (Å²) in [5.74, 6) is 0.654. The van der Waals surface area contributed by atoms with Crippen LogP contribution in [0.5, 0.6) is 5.75 Å². The molecule has 22 heavy (non-hydrogen) atoms. The van der Waals surface area contributed by atoms with Gasteiger partial charge in [-0.3, -0.25) is 0 Å². The summed E-state index contributed by atoms with van der Waals surface area (Å²) in [5.41, 5.74) is 7.86. The molecule has 1 heterocycles. The van der Waals surface area contributed by atoms with E-state index in [0.717, 1.165) is 11.1 Å². The van der Waals surface area contributed by atoms with E-state index in [0.29, 0.717) is 24.1 Å². The molecule has 0 unspecified atom stereocenters. The van der Waals surface area contributed by atoms with E-state index in [9.17, 15) is 4.79 Å². The lowest BCUT2D eigenvalue weighted by atomic mass is 9.86. The third-order valence-corrected chi connectivity index (χ3v) is 4.05. The Hall–Kier alpha value is -2.56. The molecule has 3 N–H and O–H groups in total. The average Bonchev–Trinajstić information content (AvgIpc) is 2.47. The molecule has 114 valence electrons. The number of rotatable bonds is 5. The van der Waals surface area contributed by atoms with Gasteiger partial charge in [0.2, 0.25) is 0 Å². The number of carboxylic acid groups (broad SMARTS) is 1. The highest BCUT2D eigenvalue weighted by atomic mass is 16.5. The Morgan fingerprint density at radius 1 is 1.27 bits per heavy atom. The summed E-state index contributed by atoms with van der Waals surface area (Å²) in [5, 5.41) is 8.93. The molecular weight excluding hydrogens is 280 g/mol. The SMILES string of the molecule is Nc1ncc(-c2ccc(C(=O)O)cc2)cc1OCC1CCC1. The van der Waals surface area contributed by atoms with Gasteiger partial charge in [0.1, 0.15) is 0 Å². The van der Waals surface area contributed by atoms with Crippen molar-refractivity contribution >= 4 is 11.8 Å². The van der Waals surface area contributed by atoms with Crippen molar-refractivity contribution in [2.75, 3.05) is 12.3 Å². The minimum absolute atomic E-state index is 0.258. The lowest BCUT2D eigenvalue weighted by Gasteiger charge is -2.25. The number of carbonyl (C=O) groups is 1. The van der Waals surface area contributed by atoms with E-state index in [-0.39, 0.29) is 5.56 Å². The zero-order valence-corrected chi connectivity index (χ0v) is 12.2. The second-order valence-corrected chi connectivity index (χ2v) is 5.60. The lowest BCUT2D eigenvalue weighted by Crippen LogP contribution is -2.19. The average molecular weight is 298 g/mol. The minimum atomic E-state index is -0.938. The van der Waals surface area contributed by atoms with Gasteiger partial charge in [-0.15, -0.1) is 0 Å². The summed E-state index contributed by atoms with van der Waals surface area (Å²) < 4.78 is 5.78. The van der Waals surface area contributed by atoms with Gasteiger partial charge in [0, 0.05) is 11.8 Å². The summed E-state index contributed by atoms with van der Waals surface area (Å²) in [6, 6.07) is 8.52. The molecule has 0 radical (unpaired) electrons. The molecule has 0 aliphatic heterocycles. The normalized spacial score (nSPS) is 14.4. The topological polar surface area (TPSA) is 85.4 Å². The first-order valence-electron chi connectivity index (χ1n) is 7.35. The van der Waals surface area contributed by atoms with Crippen LogP contribution < -0.4 is 10.5 Å². The highest BCUT2D eigenvalue weighted by molar-refractivity contribution is 5.88. The number of aromatic nitrogens is 1. The van der Waals surface area contributed by atoms with E-state index in [1.165, 1.54) is 19.3 Å². The first-order chi connectivity index (χ1) is 10.6. The Morgan fingerprint density at radius 3 is 2.59 bits per heavy atom. The molecule has 2 aromatic rings. The Bertz CT molecular complexity index is 679. The molecular formula is C17H18N2O3. The third kappa shape index (κ3) is 3.03. The predicted octanol–water partition coefficient (Wildman–Crippen LogP) is 3.21. The maximum Gasteiger partial charge on any atom is 0.335 e. The van der Waals surface area contributed by atoms with E-state index >= 15 is 0 Å². The number of nitrogens with zero attached hydrogens (tertiary/aromatic N) is 1. The van der Waals surface area contributed by atoms with Gasteiger partial charge in [0.25, 0.3) is 0 Å². The van der Waals surface area contributed by atoms with Crippen LogP contribution in [0.2, 0.25) is 0 Å². The van der Waals surface area contributed by atoms with E-state index in [1.54, 1.807) is 30.5 Å². The van der Waals surface area contributed by atoms with Crippen LogP contribution in [-0.2, 0) is 0 Å². The zero-order chi connectivity index (χ0) is 15.5. The number of aromatic carboxylic acids is 1. The molecule has 0 bridgehead atoms. The second-order valence-electron chi connectivity index (χ2n) is 5.60. The van der Waals surface area contributed by atoms with Crippen LogP contribution in [0, 0.1) is 5.92 Å². The molecule has 1 saturated carbocycles. The number of anilines is 1. The molecule has 0 amide bonds. The molecule has 1 aliphatic rings. The van der Waals surface area contributed by atoms with Crippen LogP contribution in [0.4, 0.5) is 5.82 Å². The molecule has 5 heteroatoms. The number of ether oxygens (including phenoxy) is 1. The number of nitrogen functional groups attached to an aromatic ring is 1. The van der Waals surface area contributed by atoms with Crippen molar-refractivity contribution < 1.29 is 14.6 Å². The molecule has 0 saturated heterocycles. The van der Waals surface area contributed by atoms with E-state index in [1.807, 2.05) is 6.07 Å². The second kappa shape index (κ2) is 6.05. The van der Waals surface area contributed by atoms with Crippen molar-refractivity contribution in [1.82, 2.24) is 4.98 Å². The number of hydrogen-bond acceptors (Lipinski definition) is 4. The van der Waals surface area contributed by atoms with Crippen molar-refractivity contribution in [2.45, 2.75) is 19.3 Å². The quantitative estimate of drug-likeness (QED) is 0.885. The predicted molar refractivity (Wildman–Crippen MR) is 83.9 cm³/mol. The van der Waals surface area contributed by atoms with Crippen LogP contribution in [0.15, 0.2) is 36.5 Å². The molecule has 0 atom stereocenters. The van der Waals surface area contributed by atoms with E-state index in [2.05, 4.69) is 4.98 Å². The van der Waals surface area contributed by atoms with Gasteiger partial charge in [-0.25, -0.2) is 9.78 Å². The molecule has 1 aromatic heterocycles. The summed E-state index contributed by atoms with van der Waals surface area (Å²) in [6.07, 6.45) is 5.37. The number of carboxylic acids is 1. The fraction of sp³-hybridized carbons (Fsp3) is 0.294. The van der Waals surface area contributed by atoms with Crippen LogP contribution in [0.3, 0.4) is 0 Å². The zero-order valence-electron chi connectivity index (χ0n) is 12.2. The summed E-state index contributed by atoms with van der Waals surface area (Å²) in [6.45, 7) is 0.674. The van der Waals surface area contributed by atoms with Crippen LogP contribution in [-0.4, -0.2) is 22.7 Å². The van der Waals surface area contributed by atoms with Gasteiger partial charge in [-0.2, -0.15) is 0 Å². The molecule has 0 spiro atoms. The Morgan fingerprint density at radius 2 is 2.00 bits per heavy atom. The molecule has 5 nitrogen and oxygen atoms in total. The largest absolute Gasteiger partial charge is 0.489 e.